The number of aromatic nitrogens is 2. The molecule has 3 rings (SSSR count). The molecule has 0 radical (unpaired) electrons. The minimum atomic E-state index is -0.252. The van der Waals surface area contributed by atoms with Crippen molar-refractivity contribution in [3.8, 4) is 0 Å². The van der Waals surface area contributed by atoms with Crippen molar-refractivity contribution in [3.63, 3.8) is 0 Å². The van der Waals surface area contributed by atoms with Crippen LogP contribution < -0.4 is 10.9 Å². The summed E-state index contributed by atoms with van der Waals surface area (Å²) in [6.07, 6.45) is 0.663. The third kappa shape index (κ3) is 3.05. The van der Waals surface area contributed by atoms with Crippen LogP contribution >= 0.6 is 0 Å². The summed E-state index contributed by atoms with van der Waals surface area (Å²) in [5.41, 5.74) is 6.85. The molecule has 1 aliphatic rings. The average molecular weight is 300 g/mol. The molecule has 0 bridgehead atoms. The van der Waals surface area contributed by atoms with Crippen molar-refractivity contribution in [1.82, 2.24) is 15.4 Å². The summed E-state index contributed by atoms with van der Waals surface area (Å²) >= 11 is 0. The topological polar surface area (TPSA) is 66.9 Å². The van der Waals surface area contributed by atoms with Crippen molar-refractivity contribution in [3.05, 3.63) is 53.2 Å². The summed E-state index contributed by atoms with van der Waals surface area (Å²) in [6, 6.07) is 8.34. The number of benzene rings is 1. The van der Waals surface area contributed by atoms with Crippen LogP contribution in [0.3, 0.4) is 0 Å². The second-order valence-electron chi connectivity index (χ2n) is 5.53. The molecule has 1 aromatic heterocycles. The second kappa shape index (κ2) is 5.71. The molecule has 0 spiro atoms. The van der Waals surface area contributed by atoms with Gasteiger partial charge in [-0.2, -0.15) is 0 Å². The van der Waals surface area contributed by atoms with E-state index < -0.39 is 0 Å². The van der Waals surface area contributed by atoms with Crippen LogP contribution in [0.1, 0.15) is 29.4 Å². The van der Waals surface area contributed by atoms with E-state index in [0.29, 0.717) is 23.6 Å². The molecule has 0 unspecified atom stereocenters. The first-order valence-corrected chi connectivity index (χ1v) is 7.17. The fourth-order valence-corrected chi connectivity index (χ4v) is 2.60. The molecule has 6 heteroatoms. The molecule has 2 N–H and O–H groups in total. The lowest BCUT2D eigenvalue weighted by molar-refractivity contribution is -0.121. The van der Waals surface area contributed by atoms with Crippen LogP contribution in [0.25, 0.3) is 0 Å². The first-order chi connectivity index (χ1) is 10.5. The number of amides is 1. The van der Waals surface area contributed by atoms with E-state index in [9.17, 15) is 9.18 Å². The Balaban J connectivity index is 1.59. The summed E-state index contributed by atoms with van der Waals surface area (Å²) in [5, 5.41) is 0. The predicted molar refractivity (Wildman–Crippen MR) is 80.5 cm³/mol. The lowest BCUT2D eigenvalue weighted by Gasteiger charge is -2.09. The summed E-state index contributed by atoms with van der Waals surface area (Å²) in [5.74, 6) is 0.527. The van der Waals surface area contributed by atoms with Gasteiger partial charge in [0.05, 0.1) is 0 Å². The fourth-order valence-electron chi connectivity index (χ4n) is 2.60. The van der Waals surface area contributed by atoms with Gasteiger partial charge in [-0.1, -0.05) is 18.2 Å². The SMILES string of the molecule is Cc1cc(NNC(=O)[C@H]2C[C@@H]2c2ccccc2F)nc(C)n1. The predicted octanol–water partition coefficient (Wildman–Crippen LogP) is 2.48. The third-order valence-corrected chi connectivity index (χ3v) is 3.71. The molecule has 2 atom stereocenters. The number of nitrogens with one attached hydrogen (secondary N) is 2. The molecular formula is C16H17FN4O. The van der Waals surface area contributed by atoms with Crippen LogP contribution in [0.2, 0.25) is 0 Å². The number of aryl methyl sites for hydroxylation is 2. The maximum absolute atomic E-state index is 13.7. The van der Waals surface area contributed by atoms with Gasteiger partial charge in [-0.3, -0.25) is 15.6 Å². The van der Waals surface area contributed by atoms with E-state index in [1.807, 2.05) is 6.92 Å². The standard InChI is InChI=1S/C16H17FN4O/c1-9-7-15(19-10(2)18-9)20-21-16(22)13-8-12(13)11-5-3-4-6-14(11)17/h3-7,12-13H,8H2,1-2H3,(H,21,22)(H,18,19,20)/t12-,13+/m1/s1. The molecule has 1 heterocycles. The molecule has 1 saturated carbocycles. The van der Waals surface area contributed by atoms with Crippen molar-refractivity contribution in [2.24, 2.45) is 5.92 Å². The first-order valence-electron chi connectivity index (χ1n) is 7.17. The smallest absolute Gasteiger partial charge is 0.242 e. The Morgan fingerprint density at radius 3 is 2.77 bits per heavy atom. The third-order valence-electron chi connectivity index (χ3n) is 3.71. The van der Waals surface area contributed by atoms with E-state index in [2.05, 4.69) is 20.8 Å². The van der Waals surface area contributed by atoms with Crippen molar-refractivity contribution in [1.29, 1.82) is 0 Å². The highest BCUT2D eigenvalue weighted by atomic mass is 19.1. The van der Waals surface area contributed by atoms with Gasteiger partial charge in [0.1, 0.15) is 17.5 Å². The average Bonchev–Trinajstić information content (AvgIpc) is 3.24. The highest BCUT2D eigenvalue weighted by molar-refractivity contribution is 5.83. The van der Waals surface area contributed by atoms with Crippen molar-refractivity contribution in [2.45, 2.75) is 26.2 Å². The number of hydrogen-bond donors (Lipinski definition) is 2. The normalized spacial score (nSPS) is 19.6. The number of carbonyl (C=O) groups is 1. The van der Waals surface area contributed by atoms with E-state index in [1.165, 1.54) is 6.07 Å². The van der Waals surface area contributed by atoms with Gasteiger partial charge in [-0.05, 0) is 37.8 Å². The van der Waals surface area contributed by atoms with E-state index in [0.717, 1.165) is 5.69 Å². The molecule has 1 aromatic carbocycles. The Morgan fingerprint density at radius 1 is 1.27 bits per heavy atom. The molecule has 0 saturated heterocycles. The van der Waals surface area contributed by atoms with Gasteiger partial charge in [-0.25, -0.2) is 14.4 Å². The van der Waals surface area contributed by atoms with Gasteiger partial charge in [0, 0.05) is 17.7 Å². The van der Waals surface area contributed by atoms with Crippen molar-refractivity contribution >= 4 is 11.7 Å². The summed E-state index contributed by atoms with van der Waals surface area (Å²) in [6.45, 7) is 3.64. The molecule has 114 valence electrons. The lowest BCUT2D eigenvalue weighted by Crippen LogP contribution is -2.31. The Bertz CT molecular complexity index is 699. The zero-order chi connectivity index (χ0) is 15.7. The number of halogens is 1. The number of hydrazine groups is 1. The van der Waals surface area contributed by atoms with Crippen LogP contribution in [0.5, 0.6) is 0 Å². The van der Waals surface area contributed by atoms with Crippen LogP contribution in [-0.4, -0.2) is 15.9 Å². The number of anilines is 1. The van der Waals surface area contributed by atoms with E-state index in [-0.39, 0.29) is 23.6 Å². The molecule has 2 aromatic rings. The van der Waals surface area contributed by atoms with Gasteiger partial charge < -0.3 is 0 Å². The largest absolute Gasteiger partial charge is 0.282 e. The van der Waals surface area contributed by atoms with Crippen LogP contribution in [0.4, 0.5) is 10.2 Å². The number of carbonyl (C=O) groups excluding carboxylic acids is 1. The maximum atomic E-state index is 13.7. The Labute approximate surface area is 128 Å². The molecule has 1 amide bonds. The van der Waals surface area contributed by atoms with Gasteiger partial charge in [0.2, 0.25) is 5.91 Å². The summed E-state index contributed by atoms with van der Waals surface area (Å²) < 4.78 is 13.7. The second-order valence-corrected chi connectivity index (χ2v) is 5.53. The molecule has 1 fully saturated rings. The minimum Gasteiger partial charge on any atom is -0.282 e. The summed E-state index contributed by atoms with van der Waals surface area (Å²) in [7, 11) is 0. The Kier molecular flexibility index (Phi) is 3.75. The van der Waals surface area contributed by atoms with Gasteiger partial charge in [0.25, 0.3) is 0 Å². The van der Waals surface area contributed by atoms with Crippen LogP contribution in [0.15, 0.2) is 30.3 Å². The fraction of sp³-hybridized carbons (Fsp3) is 0.312. The molecule has 0 aliphatic heterocycles. The quantitative estimate of drug-likeness (QED) is 0.851. The maximum Gasteiger partial charge on any atom is 0.242 e. The highest BCUT2D eigenvalue weighted by Gasteiger charge is 2.45. The zero-order valence-electron chi connectivity index (χ0n) is 12.4. The Morgan fingerprint density at radius 2 is 2.05 bits per heavy atom. The van der Waals surface area contributed by atoms with Crippen LogP contribution in [0, 0.1) is 25.6 Å². The van der Waals surface area contributed by atoms with Crippen LogP contribution in [-0.2, 0) is 4.79 Å². The summed E-state index contributed by atoms with van der Waals surface area (Å²) in [4.78, 5) is 20.4. The molecule has 22 heavy (non-hydrogen) atoms. The van der Waals surface area contributed by atoms with E-state index in [1.54, 1.807) is 31.2 Å². The highest BCUT2D eigenvalue weighted by Crippen LogP contribution is 2.48. The molecular weight excluding hydrogens is 283 g/mol. The van der Waals surface area contributed by atoms with Gasteiger partial charge >= 0.3 is 0 Å². The van der Waals surface area contributed by atoms with Crippen molar-refractivity contribution < 1.29 is 9.18 Å². The first kappa shape index (κ1) is 14.4. The molecule has 1 aliphatic carbocycles. The monoisotopic (exact) mass is 300 g/mol. The zero-order valence-corrected chi connectivity index (χ0v) is 12.4. The van der Waals surface area contributed by atoms with E-state index >= 15 is 0 Å². The molecule has 5 nitrogen and oxygen atoms in total. The Hall–Kier alpha value is -2.50. The van der Waals surface area contributed by atoms with Gasteiger partial charge in [-0.15, -0.1) is 0 Å². The van der Waals surface area contributed by atoms with Gasteiger partial charge in [0.15, 0.2) is 0 Å². The van der Waals surface area contributed by atoms with Crippen molar-refractivity contribution in [2.75, 3.05) is 5.43 Å². The number of hydrogen-bond acceptors (Lipinski definition) is 4. The minimum absolute atomic E-state index is 0.0446. The van der Waals surface area contributed by atoms with E-state index in [4.69, 9.17) is 0 Å². The number of nitrogens with zero attached hydrogens (tertiary/aromatic N) is 2. The number of rotatable bonds is 4. The lowest BCUT2D eigenvalue weighted by atomic mass is 10.1.